The highest BCUT2D eigenvalue weighted by molar-refractivity contribution is 5.85. The molecular weight excluding hydrogens is 409 g/mol. The van der Waals surface area contributed by atoms with Crippen LogP contribution in [-0.2, 0) is 4.79 Å². The number of rotatable bonds is 5. The third-order valence-corrected chi connectivity index (χ3v) is 7.76. The van der Waals surface area contributed by atoms with Gasteiger partial charge >= 0.3 is 0 Å². The number of carbonyl (C=O) groups is 1. The summed E-state index contributed by atoms with van der Waals surface area (Å²) >= 11 is 0. The molecule has 7 nitrogen and oxygen atoms in total. The fourth-order valence-corrected chi connectivity index (χ4v) is 5.68. The van der Waals surface area contributed by atoms with E-state index in [-0.39, 0.29) is 11.2 Å². The second-order valence-electron chi connectivity index (χ2n) is 9.49. The Balaban J connectivity index is 1.11. The molecule has 1 aromatic heterocycles. The zero-order chi connectivity index (χ0) is 22.1. The maximum Gasteiger partial charge on any atom is 0.228 e. The van der Waals surface area contributed by atoms with Crippen LogP contribution in [-0.4, -0.2) is 79.8 Å². The summed E-state index contributed by atoms with van der Waals surface area (Å²) in [5, 5.41) is 4.04. The minimum atomic E-state index is -0.207. The molecule has 0 saturated carbocycles. The summed E-state index contributed by atoms with van der Waals surface area (Å²) in [4.78, 5) is 22.2. The number of hydrogen-bond acceptors (Lipinski definition) is 6. The molecule has 1 amide bonds. The Hall–Kier alpha value is -2.61. The maximum absolute atomic E-state index is 13.2. The molecule has 4 heterocycles. The van der Waals surface area contributed by atoms with E-state index in [4.69, 9.17) is 4.52 Å². The first-order valence-electron chi connectivity index (χ1n) is 11.7. The van der Waals surface area contributed by atoms with Gasteiger partial charge in [-0.05, 0) is 49.9 Å². The molecule has 1 atom stereocenters. The number of nitrogens with zero attached hydrogens (tertiary/aromatic N) is 5. The summed E-state index contributed by atoms with van der Waals surface area (Å²) in [5.74, 6) is 1.00. The van der Waals surface area contributed by atoms with Gasteiger partial charge in [0.1, 0.15) is 12.1 Å². The average molecular weight is 442 g/mol. The van der Waals surface area contributed by atoms with Crippen LogP contribution in [0.1, 0.15) is 25.7 Å². The van der Waals surface area contributed by atoms with Gasteiger partial charge in [0.2, 0.25) is 5.91 Å². The number of aromatic nitrogens is 1. The van der Waals surface area contributed by atoms with Gasteiger partial charge in [0.05, 0.1) is 5.41 Å². The summed E-state index contributed by atoms with van der Waals surface area (Å²) in [7, 11) is 1.98. The number of carbonyl (C=O) groups excluding carboxylic acids is 1. The van der Waals surface area contributed by atoms with Crippen molar-refractivity contribution in [3.8, 4) is 0 Å². The predicted molar refractivity (Wildman–Crippen MR) is 121 cm³/mol. The van der Waals surface area contributed by atoms with Crippen molar-refractivity contribution in [1.29, 1.82) is 0 Å². The van der Waals surface area contributed by atoms with Crippen LogP contribution < -0.4 is 9.80 Å². The molecule has 172 valence electrons. The minimum absolute atomic E-state index is 0.191. The topological polar surface area (TPSA) is 56.1 Å². The Morgan fingerprint density at radius 1 is 1.03 bits per heavy atom. The number of benzene rings is 1. The highest BCUT2D eigenvalue weighted by Crippen LogP contribution is 2.45. The van der Waals surface area contributed by atoms with Gasteiger partial charge in [0, 0.05) is 70.7 Å². The van der Waals surface area contributed by atoms with E-state index in [1.54, 1.807) is 6.26 Å². The quantitative estimate of drug-likeness (QED) is 0.711. The molecule has 0 radical (unpaired) electrons. The Morgan fingerprint density at radius 3 is 2.41 bits per heavy atom. The van der Waals surface area contributed by atoms with Crippen LogP contribution in [0.2, 0.25) is 0 Å². The van der Waals surface area contributed by atoms with E-state index in [1.165, 1.54) is 12.1 Å². The van der Waals surface area contributed by atoms with Crippen molar-refractivity contribution in [1.82, 2.24) is 15.0 Å². The molecule has 1 spiro atoms. The van der Waals surface area contributed by atoms with Gasteiger partial charge in [-0.3, -0.25) is 9.69 Å². The number of hydrogen-bond donors (Lipinski definition) is 0. The van der Waals surface area contributed by atoms with Gasteiger partial charge in [0.25, 0.3) is 0 Å². The molecular formula is C24H32FN5O2. The van der Waals surface area contributed by atoms with Crippen molar-refractivity contribution in [3.63, 3.8) is 0 Å². The highest BCUT2D eigenvalue weighted by Gasteiger charge is 2.51. The molecule has 0 N–H and O–H groups in total. The molecule has 3 aliphatic heterocycles. The lowest BCUT2D eigenvalue weighted by atomic mass is 9.75. The minimum Gasteiger partial charge on any atom is -0.369 e. The Morgan fingerprint density at radius 2 is 1.75 bits per heavy atom. The standard InChI is InChI=1S/C24H32FN5O2/c1-27-21(6-10-28-13-15-29(16-14-28)20-4-2-19(25)3-5-20)18-24(23(27)31)8-11-30(12-9-24)22-7-17-32-26-22/h2-5,7,17,21H,6,8-16,18H2,1H3/t21-/m0/s1. The summed E-state index contributed by atoms with van der Waals surface area (Å²) in [6, 6.07) is 8.98. The zero-order valence-corrected chi connectivity index (χ0v) is 18.8. The van der Waals surface area contributed by atoms with Gasteiger partial charge in [-0.1, -0.05) is 5.16 Å². The van der Waals surface area contributed by atoms with Crippen molar-refractivity contribution in [2.45, 2.75) is 31.7 Å². The van der Waals surface area contributed by atoms with Crippen molar-refractivity contribution in [2.75, 3.05) is 62.7 Å². The highest BCUT2D eigenvalue weighted by atomic mass is 19.1. The normalized spacial score (nSPS) is 24.0. The second kappa shape index (κ2) is 8.73. The number of anilines is 2. The second-order valence-corrected chi connectivity index (χ2v) is 9.49. The Bertz CT molecular complexity index is 903. The first-order chi connectivity index (χ1) is 15.5. The molecule has 2 aromatic rings. The van der Waals surface area contributed by atoms with E-state index in [0.717, 1.165) is 83.0 Å². The first kappa shape index (κ1) is 21.2. The molecule has 0 bridgehead atoms. The van der Waals surface area contributed by atoms with E-state index in [9.17, 15) is 9.18 Å². The smallest absolute Gasteiger partial charge is 0.228 e. The largest absolute Gasteiger partial charge is 0.369 e. The fourth-order valence-electron chi connectivity index (χ4n) is 5.68. The van der Waals surface area contributed by atoms with E-state index < -0.39 is 0 Å². The third kappa shape index (κ3) is 4.08. The number of piperazine rings is 1. The molecule has 8 heteroatoms. The molecule has 3 fully saturated rings. The summed E-state index contributed by atoms with van der Waals surface area (Å²) in [5.41, 5.74) is 0.882. The number of halogens is 1. The van der Waals surface area contributed by atoms with Crippen molar-refractivity contribution in [3.05, 3.63) is 42.4 Å². The molecule has 0 aliphatic carbocycles. The van der Waals surface area contributed by atoms with Crippen LogP contribution in [0.25, 0.3) is 0 Å². The van der Waals surface area contributed by atoms with Crippen molar-refractivity contribution >= 4 is 17.4 Å². The van der Waals surface area contributed by atoms with E-state index in [1.807, 2.05) is 30.1 Å². The fraction of sp³-hybridized carbons (Fsp3) is 0.583. The van der Waals surface area contributed by atoms with Gasteiger partial charge < -0.3 is 19.2 Å². The molecule has 1 aromatic carbocycles. The summed E-state index contributed by atoms with van der Waals surface area (Å²) in [6.45, 7) is 6.62. The lowest BCUT2D eigenvalue weighted by Gasteiger charge is -2.37. The van der Waals surface area contributed by atoms with Crippen LogP contribution in [0.15, 0.2) is 41.1 Å². The summed E-state index contributed by atoms with van der Waals surface area (Å²) in [6.07, 6.45) is 5.35. The number of likely N-dealkylation sites (tertiary alicyclic amines) is 1. The van der Waals surface area contributed by atoms with Crippen LogP contribution in [0.3, 0.4) is 0 Å². The first-order valence-corrected chi connectivity index (χ1v) is 11.7. The maximum atomic E-state index is 13.2. The molecule has 32 heavy (non-hydrogen) atoms. The van der Waals surface area contributed by atoms with E-state index >= 15 is 0 Å². The van der Waals surface area contributed by atoms with Crippen LogP contribution in [0, 0.1) is 11.2 Å². The Labute approximate surface area is 188 Å². The molecule has 0 unspecified atom stereocenters. The zero-order valence-electron chi connectivity index (χ0n) is 18.8. The Kier molecular flexibility index (Phi) is 5.80. The molecule has 3 aliphatic rings. The number of amides is 1. The van der Waals surface area contributed by atoms with Crippen molar-refractivity contribution in [2.24, 2.45) is 5.41 Å². The van der Waals surface area contributed by atoms with Crippen molar-refractivity contribution < 1.29 is 13.7 Å². The monoisotopic (exact) mass is 441 g/mol. The van der Waals surface area contributed by atoms with E-state index in [0.29, 0.717) is 11.9 Å². The number of piperidine rings is 1. The lowest BCUT2D eigenvalue weighted by Crippen LogP contribution is -2.47. The van der Waals surface area contributed by atoms with Crippen LogP contribution >= 0.6 is 0 Å². The van der Waals surface area contributed by atoms with Gasteiger partial charge in [-0.15, -0.1) is 0 Å². The van der Waals surface area contributed by atoms with Gasteiger partial charge in [0.15, 0.2) is 5.82 Å². The van der Waals surface area contributed by atoms with Crippen LogP contribution in [0.5, 0.6) is 0 Å². The predicted octanol–water partition coefficient (Wildman–Crippen LogP) is 2.84. The molecule has 5 rings (SSSR count). The van der Waals surface area contributed by atoms with Crippen LogP contribution in [0.4, 0.5) is 15.9 Å². The molecule has 3 saturated heterocycles. The van der Waals surface area contributed by atoms with Gasteiger partial charge in [-0.2, -0.15) is 0 Å². The third-order valence-electron chi connectivity index (χ3n) is 7.76. The average Bonchev–Trinajstić information content (AvgIpc) is 3.44. The van der Waals surface area contributed by atoms with Gasteiger partial charge in [-0.25, -0.2) is 4.39 Å². The SMILES string of the molecule is CN1C(=O)C2(CCN(c3ccon3)CC2)C[C@@H]1CCN1CCN(c2ccc(F)cc2)CC1. The summed E-state index contributed by atoms with van der Waals surface area (Å²) < 4.78 is 18.2. The van der Waals surface area contributed by atoms with E-state index in [2.05, 4.69) is 19.9 Å². The lowest BCUT2D eigenvalue weighted by molar-refractivity contribution is -0.136.